The lowest BCUT2D eigenvalue weighted by Crippen LogP contribution is -2.39. The second kappa shape index (κ2) is 5.42. The number of nitrogens with zero attached hydrogens (tertiary/aromatic N) is 1. The van der Waals surface area contributed by atoms with Crippen molar-refractivity contribution >= 4 is 5.91 Å². The van der Waals surface area contributed by atoms with Crippen LogP contribution >= 0.6 is 0 Å². The molecule has 0 spiro atoms. The van der Waals surface area contributed by atoms with E-state index in [2.05, 4.69) is 6.92 Å². The maximum Gasteiger partial charge on any atom is 0.257 e. The molecule has 1 fully saturated rings. The molecule has 0 aliphatic carbocycles. The number of phenolic OH excluding ortho intramolecular Hbond substituents is 1. The van der Waals surface area contributed by atoms with Gasteiger partial charge in [-0.15, -0.1) is 0 Å². The number of likely N-dealkylation sites (tertiary alicyclic amines) is 1. The van der Waals surface area contributed by atoms with Crippen LogP contribution in [0.3, 0.4) is 0 Å². The minimum Gasteiger partial charge on any atom is -0.507 e. The number of phenols is 1. The zero-order valence-corrected chi connectivity index (χ0v) is 11.1. The van der Waals surface area contributed by atoms with Gasteiger partial charge in [-0.1, -0.05) is 19.4 Å². The third-order valence-electron chi connectivity index (χ3n) is 3.77. The van der Waals surface area contributed by atoms with Crippen molar-refractivity contribution in [3.05, 3.63) is 29.3 Å². The quantitative estimate of drug-likeness (QED) is 0.872. The Labute approximate surface area is 108 Å². The number of hydrogen-bond donors (Lipinski definition) is 1. The molecule has 1 heterocycles. The summed E-state index contributed by atoms with van der Waals surface area (Å²) in [4.78, 5) is 14.2. The predicted molar refractivity (Wildman–Crippen MR) is 71.8 cm³/mol. The highest BCUT2D eigenvalue weighted by Crippen LogP contribution is 2.24. The van der Waals surface area contributed by atoms with Crippen molar-refractivity contribution in [2.75, 3.05) is 13.1 Å². The van der Waals surface area contributed by atoms with Gasteiger partial charge in [-0.3, -0.25) is 4.79 Å². The van der Waals surface area contributed by atoms with Crippen LogP contribution in [0.5, 0.6) is 5.75 Å². The maximum atomic E-state index is 12.4. The van der Waals surface area contributed by atoms with E-state index in [1.165, 1.54) is 6.42 Å². The van der Waals surface area contributed by atoms with Crippen LogP contribution < -0.4 is 0 Å². The van der Waals surface area contributed by atoms with Crippen LogP contribution in [-0.4, -0.2) is 29.0 Å². The predicted octanol–water partition coefficient (Wildman–Crippen LogP) is 2.96. The number of carbonyl (C=O) groups excluding carboxylic acids is 1. The minimum atomic E-state index is -0.0364. The molecule has 0 saturated carbocycles. The molecule has 0 radical (unpaired) electrons. The third kappa shape index (κ3) is 2.66. The van der Waals surface area contributed by atoms with Crippen molar-refractivity contribution in [3.63, 3.8) is 0 Å². The first-order valence-corrected chi connectivity index (χ1v) is 6.70. The molecule has 3 nitrogen and oxygen atoms in total. The van der Waals surface area contributed by atoms with Crippen molar-refractivity contribution in [2.24, 2.45) is 5.92 Å². The topological polar surface area (TPSA) is 40.5 Å². The van der Waals surface area contributed by atoms with Gasteiger partial charge in [0.1, 0.15) is 5.75 Å². The van der Waals surface area contributed by atoms with Gasteiger partial charge >= 0.3 is 0 Å². The Balaban J connectivity index is 2.15. The zero-order chi connectivity index (χ0) is 13.1. The first-order chi connectivity index (χ1) is 8.61. The van der Waals surface area contributed by atoms with Crippen molar-refractivity contribution in [3.8, 4) is 5.75 Å². The Hall–Kier alpha value is -1.51. The molecule has 1 atom stereocenters. The van der Waals surface area contributed by atoms with E-state index >= 15 is 0 Å². The molecule has 2 rings (SSSR count). The lowest BCUT2D eigenvalue weighted by Gasteiger charge is -2.32. The zero-order valence-electron chi connectivity index (χ0n) is 11.1. The Bertz CT molecular complexity index is 442. The summed E-state index contributed by atoms with van der Waals surface area (Å²) in [5.74, 6) is 0.666. The van der Waals surface area contributed by atoms with Crippen molar-refractivity contribution in [2.45, 2.75) is 33.1 Å². The summed E-state index contributed by atoms with van der Waals surface area (Å²) < 4.78 is 0. The first kappa shape index (κ1) is 12.9. The SMILES string of the molecule is CCC1CCCN(C(=O)c2ccc(C)cc2O)C1. The summed E-state index contributed by atoms with van der Waals surface area (Å²) in [6, 6.07) is 5.24. The van der Waals surface area contributed by atoms with E-state index in [9.17, 15) is 9.90 Å². The molecule has 18 heavy (non-hydrogen) atoms. The number of carbonyl (C=O) groups is 1. The molecule has 1 aromatic carbocycles. The van der Waals surface area contributed by atoms with Gasteiger partial charge in [0, 0.05) is 13.1 Å². The molecule has 1 amide bonds. The highest BCUT2D eigenvalue weighted by molar-refractivity contribution is 5.97. The van der Waals surface area contributed by atoms with Gasteiger partial charge in [-0.05, 0) is 43.4 Å². The number of hydrogen-bond acceptors (Lipinski definition) is 2. The summed E-state index contributed by atoms with van der Waals surface area (Å²) in [5.41, 5.74) is 1.39. The Morgan fingerprint density at radius 2 is 2.28 bits per heavy atom. The monoisotopic (exact) mass is 247 g/mol. The largest absolute Gasteiger partial charge is 0.507 e. The van der Waals surface area contributed by atoms with Gasteiger partial charge in [0.2, 0.25) is 0 Å². The van der Waals surface area contributed by atoms with E-state index in [1.807, 2.05) is 17.9 Å². The molecule has 1 unspecified atom stereocenters. The van der Waals surface area contributed by atoms with Crippen LogP contribution in [0.4, 0.5) is 0 Å². The molecule has 1 aliphatic rings. The van der Waals surface area contributed by atoms with Crippen LogP contribution in [-0.2, 0) is 0 Å². The average Bonchev–Trinajstić information content (AvgIpc) is 2.38. The van der Waals surface area contributed by atoms with E-state index in [1.54, 1.807) is 12.1 Å². The summed E-state index contributed by atoms with van der Waals surface area (Å²) in [7, 11) is 0. The van der Waals surface area contributed by atoms with Crippen molar-refractivity contribution in [1.82, 2.24) is 4.90 Å². The van der Waals surface area contributed by atoms with Crippen LogP contribution in [0.1, 0.15) is 42.1 Å². The number of aryl methyl sites for hydroxylation is 1. The van der Waals surface area contributed by atoms with E-state index in [4.69, 9.17) is 0 Å². The molecule has 98 valence electrons. The lowest BCUT2D eigenvalue weighted by atomic mass is 9.95. The van der Waals surface area contributed by atoms with Gasteiger partial charge < -0.3 is 10.0 Å². The Morgan fingerprint density at radius 1 is 1.50 bits per heavy atom. The van der Waals surface area contributed by atoms with E-state index in [0.717, 1.165) is 31.5 Å². The number of piperidine rings is 1. The van der Waals surface area contributed by atoms with Gasteiger partial charge in [0.15, 0.2) is 0 Å². The summed E-state index contributed by atoms with van der Waals surface area (Å²) in [6.07, 6.45) is 3.39. The number of aromatic hydroxyl groups is 1. The lowest BCUT2D eigenvalue weighted by molar-refractivity contribution is 0.0668. The molecular formula is C15H21NO2. The fourth-order valence-corrected chi connectivity index (χ4v) is 2.58. The van der Waals surface area contributed by atoms with Crippen LogP contribution in [0.15, 0.2) is 18.2 Å². The number of rotatable bonds is 2. The molecule has 3 heteroatoms. The number of benzene rings is 1. The molecule has 1 saturated heterocycles. The van der Waals surface area contributed by atoms with E-state index in [0.29, 0.717) is 11.5 Å². The molecule has 1 aliphatic heterocycles. The second-order valence-electron chi connectivity index (χ2n) is 5.19. The Kier molecular flexibility index (Phi) is 3.90. The highest BCUT2D eigenvalue weighted by Gasteiger charge is 2.24. The molecule has 1 N–H and O–H groups in total. The molecule has 0 bridgehead atoms. The maximum absolute atomic E-state index is 12.4. The molecule has 0 aromatic heterocycles. The highest BCUT2D eigenvalue weighted by atomic mass is 16.3. The van der Waals surface area contributed by atoms with Crippen LogP contribution in [0.2, 0.25) is 0 Å². The molecular weight excluding hydrogens is 226 g/mol. The third-order valence-corrected chi connectivity index (χ3v) is 3.77. The van der Waals surface area contributed by atoms with E-state index < -0.39 is 0 Å². The van der Waals surface area contributed by atoms with Gasteiger partial charge in [-0.2, -0.15) is 0 Å². The Morgan fingerprint density at radius 3 is 2.94 bits per heavy atom. The smallest absolute Gasteiger partial charge is 0.257 e. The number of amides is 1. The van der Waals surface area contributed by atoms with Gasteiger partial charge in [-0.25, -0.2) is 0 Å². The normalized spacial score (nSPS) is 19.9. The summed E-state index contributed by atoms with van der Waals surface area (Å²) >= 11 is 0. The van der Waals surface area contributed by atoms with Gasteiger partial charge in [0.25, 0.3) is 5.91 Å². The fourth-order valence-electron chi connectivity index (χ4n) is 2.58. The summed E-state index contributed by atoms with van der Waals surface area (Å²) in [6.45, 7) is 5.70. The van der Waals surface area contributed by atoms with Crippen molar-refractivity contribution < 1.29 is 9.90 Å². The average molecular weight is 247 g/mol. The van der Waals surface area contributed by atoms with Crippen LogP contribution in [0, 0.1) is 12.8 Å². The van der Waals surface area contributed by atoms with Crippen molar-refractivity contribution in [1.29, 1.82) is 0 Å². The molecule has 1 aromatic rings. The first-order valence-electron chi connectivity index (χ1n) is 6.70. The fraction of sp³-hybridized carbons (Fsp3) is 0.533. The minimum absolute atomic E-state index is 0.0364. The summed E-state index contributed by atoms with van der Waals surface area (Å²) in [5, 5.41) is 9.87. The van der Waals surface area contributed by atoms with Crippen LogP contribution in [0.25, 0.3) is 0 Å². The second-order valence-corrected chi connectivity index (χ2v) is 5.19. The van der Waals surface area contributed by atoms with E-state index in [-0.39, 0.29) is 11.7 Å². The van der Waals surface area contributed by atoms with Gasteiger partial charge in [0.05, 0.1) is 5.56 Å². The standard InChI is InChI=1S/C15H21NO2/c1-3-12-5-4-8-16(10-12)15(18)13-7-6-11(2)9-14(13)17/h6-7,9,12,17H,3-5,8,10H2,1-2H3.